The molecule has 0 aliphatic carbocycles. The number of halogens is 1. The van der Waals surface area contributed by atoms with Gasteiger partial charge in [0, 0.05) is 13.2 Å². The maximum absolute atomic E-state index is 10.8. The molecule has 0 aromatic rings. The number of carbonyl (C=O) groups excluding carboxylic acids is 1. The van der Waals surface area contributed by atoms with Crippen molar-refractivity contribution in [2.75, 3.05) is 19.8 Å². The molecule has 1 rings (SSSR count). The molecule has 0 bridgehead atoms. The summed E-state index contributed by atoms with van der Waals surface area (Å²) in [6, 6.07) is 0. The van der Waals surface area contributed by atoms with E-state index in [2.05, 4.69) is 13.6 Å². The van der Waals surface area contributed by atoms with Crippen LogP contribution in [0, 0.1) is 0 Å². The van der Waals surface area contributed by atoms with Gasteiger partial charge in [-0.15, -0.1) is 0 Å². The van der Waals surface area contributed by atoms with Gasteiger partial charge in [-0.2, -0.15) is 0 Å². The molecule has 1 fully saturated rings. The van der Waals surface area contributed by atoms with Crippen molar-refractivity contribution < 1.29 is 29.4 Å². The predicted octanol–water partition coefficient (Wildman–Crippen LogP) is 3.33. The van der Waals surface area contributed by atoms with E-state index in [4.69, 9.17) is 9.47 Å². The molecule has 1 aliphatic heterocycles. The average molecular weight is 347 g/mol. The molecule has 1 heterocycles. The number of hydrogen-bond acceptors (Lipinski definition) is 3. The van der Waals surface area contributed by atoms with Crippen LogP contribution >= 0.6 is 13.6 Å². The summed E-state index contributed by atoms with van der Waals surface area (Å²) in [7, 11) is 0. The topological polar surface area (TPSA) is 35.5 Å². The molecular formula is C11H21BrO3Zn. The Morgan fingerprint density at radius 1 is 1.38 bits per heavy atom. The first-order chi connectivity index (χ1) is 7.81. The number of carbonyl (C=O) groups is 1. The zero-order valence-electron chi connectivity index (χ0n) is 10.2. The second kappa shape index (κ2) is 13.6. The van der Waals surface area contributed by atoms with Crippen LogP contribution in [0.2, 0.25) is 5.02 Å². The third-order valence-corrected chi connectivity index (χ3v) is 6.67. The molecule has 16 heavy (non-hydrogen) atoms. The Balaban J connectivity index is 0.000000368. The molecule has 3 nitrogen and oxygen atoms in total. The van der Waals surface area contributed by atoms with Crippen LogP contribution in [-0.2, 0) is 29.4 Å². The second-order valence-electron chi connectivity index (χ2n) is 3.62. The first-order valence-electron chi connectivity index (χ1n) is 6.10. The third-order valence-electron chi connectivity index (χ3n) is 2.15. The summed E-state index contributed by atoms with van der Waals surface area (Å²) in [5.74, 6) is -0.0467. The molecule has 1 aliphatic rings. The Morgan fingerprint density at radius 2 is 2.06 bits per heavy atom. The van der Waals surface area contributed by atoms with Gasteiger partial charge in [-0.3, -0.25) is 0 Å². The quantitative estimate of drug-likeness (QED) is 0.420. The molecule has 0 amide bonds. The van der Waals surface area contributed by atoms with E-state index in [0.717, 1.165) is 19.6 Å². The monoisotopic (exact) mass is 344 g/mol. The van der Waals surface area contributed by atoms with Crippen molar-refractivity contribution in [2.24, 2.45) is 0 Å². The van der Waals surface area contributed by atoms with E-state index in [9.17, 15) is 4.79 Å². The first kappa shape index (κ1) is 16.5. The molecule has 0 unspecified atom stereocenters. The zero-order chi connectivity index (χ0) is 12.1. The van der Waals surface area contributed by atoms with Crippen LogP contribution in [0.15, 0.2) is 0 Å². The van der Waals surface area contributed by atoms with Crippen LogP contribution < -0.4 is 0 Å². The summed E-state index contributed by atoms with van der Waals surface area (Å²) in [5, 5.41) is 1.33. The SMILES string of the molecule is C1CCOC1.CCOC(=O)CCC[CH2][Zn][Br]. The molecule has 0 aromatic heterocycles. The summed E-state index contributed by atoms with van der Waals surface area (Å²) < 4.78 is 9.73. The molecular weight excluding hydrogens is 325 g/mol. The Kier molecular flexibility index (Phi) is 14.1. The van der Waals surface area contributed by atoms with Crippen molar-refractivity contribution in [3.05, 3.63) is 0 Å². The van der Waals surface area contributed by atoms with Crippen LogP contribution in [0.25, 0.3) is 0 Å². The molecule has 92 valence electrons. The molecule has 0 spiro atoms. The van der Waals surface area contributed by atoms with E-state index in [1.807, 2.05) is 6.92 Å². The fraction of sp³-hybridized carbons (Fsp3) is 0.909. The van der Waals surface area contributed by atoms with Crippen LogP contribution in [-0.4, -0.2) is 25.8 Å². The van der Waals surface area contributed by atoms with Crippen LogP contribution in [0.1, 0.15) is 39.0 Å². The van der Waals surface area contributed by atoms with Gasteiger partial charge in [0.25, 0.3) is 0 Å². The molecule has 0 saturated carbocycles. The van der Waals surface area contributed by atoms with Gasteiger partial charge in [0.2, 0.25) is 0 Å². The van der Waals surface area contributed by atoms with Gasteiger partial charge in [-0.25, -0.2) is 0 Å². The van der Waals surface area contributed by atoms with Crippen LogP contribution in [0.4, 0.5) is 0 Å². The summed E-state index contributed by atoms with van der Waals surface area (Å²) in [5.41, 5.74) is 0. The van der Waals surface area contributed by atoms with Crippen molar-refractivity contribution in [1.29, 1.82) is 0 Å². The summed E-state index contributed by atoms with van der Waals surface area (Å²) in [6.07, 6.45) is 5.34. The normalized spacial score (nSPS) is 13.6. The summed E-state index contributed by atoms with van der Waals surface area (Å²) >= 11 is 3.18. The molecule has 1 saturated heterocycles. The van der Waals surface area contributed by atoms with Crippen LogP contribution in [0.5, 0.6) is 0 Å². The van der Waals surface area contributed by atoms with Crippen molar-refractivity contribution in [2.45, 2.75) is 44.0 Å². The van der Waals surface area contributed by atoms with Gasteiger partial charge in [0.1, 0.15) is 0 Å². The fourth-order valence-electron chi connectivity index (χ4n) is 1.28. The first-order valence-corrected chi connectivity index (χ1v) is 15.1. The van der Waals surface area contributed by atoms with Crippen molar-refractivity contribution >= 4 is 19.6 Å². The van der Waals surface area contributed by atoms with E-state index < -0.39 is 0 Å². The van der Waals surface area contributed by atoms with Gasteiger partial charge in [0.05, 0.1) is 0 Å². The number of ether oxygens (including phenoxy) is 2. The number of rotatable bonds is 6. The van der Waals surface area contributed by atoms with Gasteiger partial charge >= 0.3 is 82.1 Å². The third kappa shape index (κ3) is 12.6. The minimum atomic E-state index is -0.334. The Bertz CT molecular complexity index is 156. The van der Waals surface area contributed by atoms with E-state index in [1.54, 1.807) is 0 Å². The molecule has 0 atom stereocenters. The number of hydrogen-bond donors (Lipinski definition) is 0. The minimum absolute atomic E-state index is 0.0467. The molecule has 5 heteroatoms. The fourth-order valence-corrected chi connectivity index (χ4v) is 4.48. The van der Waals surface area contributed by atoms with Gasteiger partial charge < -0.3 is 4.74 Å². The van der Waals surface area contributed by atoms with E-state index >= 15 is 0 Å². The van der Waals surface area contributed by atoms with E-state index in [0.29, 0.717) is 13.0 Å². The standard InChI is InChI=1S/C7H13O2.C4H8O.BrH.Zn/c1-3-5-6-7(8)9-4-2;1-2-4-5-3-1;;/h1,3-6H2,2H3;1-4H2;1H;/q;;;+1/p-1. The maximum atomic E-state index is 10.8. The Labute approximate surface area is 113 Å². The zero-order valence-corrected chi connectivity index (χ0v) is 14.7. The summed E-state index contributed by atoms with van der Waals surface area (Å²) in [4.78, 5) is 10.8. The predicted molar refractivity (Wildman–Crippen MR) is 64.3 cm³/mol. The second-order valence-corrected chi connectivity index (χ2v) is 10.0. The van der Waals surface area contributed by atoms with E-state index in [1.165, 1.54) is 24.3 Å². The van der Waals surface area contributed by atoms with E-state index in [-0.39, 0.29) is 21.1 Å². The van der Waals surface area contributed by atoms with Crippen LogP contribution in [0.3, 0.4) is 0 Å². The molecule has 0 radical (unpaired) electrons. The number of unbranched alkanes of at least 4 members (excludes halogenated alkanes) is 1. The van der Waals surface area contributed by atoms with Gasteiger partial charge in [-0.05, 0) is 12.8 Å². The van der Waals surface area contributed by atoms with Gasteiger partial charge in [0.15, 0.2) is 0 Å². The van der Waals surface area contributed by atoms with Crippen molar-refractivity contribution in [1.82, 2.24) is 0 Å². The summed E-state index contributed by atoms with van der Waals surface area (Å²) in [6.45, 7) is 4.35. The molecule has 0 N–H and O–H groups in total. The Hall–Kier alpha value is 0.533. The Morgan fingerprint density at radius 3 is 2.50 bits per heavy atom. The van der Waals surface area contributed by atoms with Crippen molar-refractivity contribution in [3.63, 3.8) is 0 Å². The molecule has 0 aromatic carbocycles. The van der Waals surface area contributed by atoms with Gasteiger partial charge in [-0.1, -0.05) is 0 Å². The van der Waals surface area contributed by atoms with Crippen molar-refractivity contribution in [3.8, 4) is 0 Å². The number of esters is 1. The average Bonchev–Trinajstić information content (AvgIpc) is 2.83.